The van der Waals surface area contributed by atoms with Crippen LogP contribution in [0.2, 0.25) is 0 Å². The molecule has 13 atom stereocenters. The molecule has 1 heterocycles. The zero-order chi connectivity index (χ0) is 26.9. The molecule has 0 amide bonds. The van der Waals surface area contributed by atoms with Crippen LogP contribution in [0.25, 0.3) is 0 Å². The molecule has 4 aliphatic carbocycles. The number of carboxylic acids is 1. The zero-order valence-electron chi connectivity index (χ0n) is 21.5. The number of aliphatic hydroxyl groups excluding tert-OH is 4. The Morgan fingerprint density at radius 3 is 2.41 bits per heavy atom. The van der Waals surface area contributed by atoms with Gasteiger partial charge in [-0.3, -0.25) is 9.59 Å². The number of carbonyl (C=O) groups is 3. The third-order valence-corrected chi connectivity index (χ3v) is 10.9. The molecule has 0 bridgehead atoms. The van der Waals surface area contributed by atoms with Crippen molar-refractivity contribution in [1.29, 1.82) is 0 Å². The van der Waals surface area contributed by atoms with Gasteiger partial charge in [-0.1, -0.05) is 13.8 Å². The summed E-state index contributed by atoms with van der Waals surface area (Å²) < 4.78 is 10.6. The monoisotopic (exact) mass is 524 g/mol. The first-order chi connectivity index (χ1) is 17.4. The summed E-state index contributed by atoms with van der Waals surface area (Å²) in [6.07, 6.45) is -2.93. The Labute approximate surface area is 216 Å². The molecule has 10 nitrogen and oxygen atoms in total. The summed E-state index contributed by atoms with van der Waals surface area (Å²) in [5.74, 6) is -1.17. The minimum atomic E-state index is -1.83. The molecule has 5 rings (SSSR count). The second-order valence-corrected chi connectivity index (χ2v) is 12.7. The van der Waals surface area contributed by atoms with Crippen LogP contribution >= 0.6 is 0 Å². The molecule has 37 heavy (non-hydrogen) atoms. The van der Waals surface area contributed by atoms with E-state index in [0.29, 0.717) is 18.8 Å². The lowest BCUT2D eigenvalue weighted by Gasteiger charge is -2.59. The van der Waals surface area contributed by atoms with Gasteiger partial charge in [-0.2, -0.15) is 0 Å². The molecular formula is C27H40O10. The second kappa shape index (κ2) is 9.64. The summed E-state index contributed by atoms with van der Waals surface area (Å²) in [6.45, 7) is 3.81. The standard InChI is InChI=1S/C27H40O10/c1-26-8-7-13(28)9-12(26)3-4-14-15-5-6-16(27(15,2)10-17(29)19(14)26)18(30)11-36-25-22(33)20(31)21(32)23(37-25)24(34)35/h12-16,19-23,25,28,31-33H,3-11H2,1-2H3,(H,34,35). The van der Waals surface area contributed by atoms with Crippen molar-refractivity contribution in [3.63, 3.8) is 0 Å². The molecule has 4 saturated carbocycles. The lowest BCUT2D eigenvalue weighted by Crippen LogP contribution is -2.60. The van der Waals surface area contributed by atoms with Crippen LogP contribution in [0.4, 0.5) is 0 Å². The number of fused-ring (bicyclic) bond motifs is 5. The predicted octanol–water partition coefficient (Wildman–Crippen LogP) is 0.663. The lowest BCUT2D eigenvalue weighted by molar-refractivity contribution is -0.292. The highest BCUT2D eigenvalue weighted by molar-refractivity contribution is 5.88. The van der Waals surface area contributed by atoms with E-state index in [2.05, 4.69) is 6.92 Å². The van der Waals surface area contributed by atoms with Gasteiger partial charge in [0, 0.05) is 18.3 Å². The number of ketones is 2. The maximum Gasteiger partial charge on any atom is 0.335 e. The number of carboxylic acid groups (broad SMARTS) is 1. The molecule has 5 aliphatic rings. The van der Waals surface area contributed by atoms with Crippen LogP contribution in [0, 0.1) is 40.4 Å². The summed E-state index contributed by atoms with van der Waals surface area (Å²) in [4.78, 5) is 38.5. The highest BCUT2D eigenvalue weighted by Crippen LogP contribution is 2.66. The molecular weight excluding hydrogens is 484 g/mol. The van der Waals surface area contributed by atoms with Crippen LogP contribution in [-0.2, 0) is 23.9 Å². The van der Waals surface area contributed by atoms with Gasteiger partial charge in [0.25, 0.3) is 0 Å². The van der Waals surface area contributed by atoms with E-state index in [1.165, 1.54) is 0 Å². The number of ether oxygens (including phenoxy) is 2. The summed E-state index contributed by atoms with van der Waals surface area (Å²) in [5, 5.41) is 49.5. The average molecular weight is 525 g/mol. The molecule has 5 N–H and O–H groups in total. The Bertz CT molecular complexity index is 938. The van der Waals surface area contributed by atoms with Crippen molar-refractivity contribution in [1.82, 2.24) is 0 Å². The van der Waals surface area contributed by atoms with Crippen LogP contribution in [0.5, 0.6) is 0 Å². The van der Waals surface area contributed by atoms with Gasteiger partial charge in [0.15, 0.2) is 18.2 Å². The first-order valence-corrected chi connectivity index (χ1v) is 13.7. The Kier molecular flexibility index (Phi) is 7.07. The van der Waals surface area contributed by atoms with Crippen molar-refractivity contribution in [2.24, 2.45) is 40.4 Å². The third-order valence-electron chi connectivity index (χ3n) is 10.9. The molecule has 1 aliphatic heterocycles. The zero-order valence-corrected chi connectivity index (χ0v) is 21.5. The summed E-state index contributed by atoms with van der Waals surface area (Å²) in [6, 6.07) is 0. The molecule has 0 aromatic rings. The number of carbonyl (C=O) groups excluding carboxylic acids is 2. The van der Waals surface area contributed by atoms with Gasteiger partial charge in [-0.05, 0) is 73.5 Å². The Morgan fingerprint density at radius 2 is 1.70 bits per heavy atom. The molecule has 13 unspecified atom stereocenters. The van der Waals surface area contributed by atoms with Gasteiger partial charge >= 0.3 is 5.97 Å². The smallest absolute Gasteiger partial charge is 0.335 e. The van der Waals surface area contributed by atoms with Crippen molar-refractivity contribution in [2.75, 3.05) is 6.61 Å². The van der Waals surface area contributed by atoms with Crippen LogP contribution < -0.4 is 0 Å². The molecule has 208 valence electrons. The van der Waals surface area contributed by atoms with Crippen LogP contribution in [-0.4, -0.2) is 86.5 Å². The van der Waals surface area contributed by atoms with Gasteiger partial charge in [-0.25, -0.2) is 4.79 Å². The van der Waals surface area contributed by atoms with E-state index in [-0.39, 0.29) is 40.8 Å². The van der Waals surface area contributed by atoms with E-state index >= 15 is 0 Å². The van der Waals surface area contributed by atoms with Crippen molar-refractivity contribution in [3.8, 4) is 0 Å². The van der Waals surface area contributed by atoms with E-state index in [4.69, 9.17) is 9.47 Å². The maximum absolute atomic E-state index is 13.7. The van der Waals surface area contributed by atoms with Gasteiger partial charge in [0.2, 0.25) is 0 Å². The van der Waals surface area contributed by atoms with Gasteiger partial charge < -0.3 is 35.0 Å². The molecule has 0 spiro atoms. The number of hydrogen-bond acceptors (Lipinski definition) is 9. The first-order valence-electron chi connectivity index (χ1n) is 13.7. The van der Waals surface area contributed by atoms with Gasteiger partial charge in [0.05, 0.1) is 6.10 Å². The molecule has 5 fully saturated rings. The van der Waals surface area contributed by atoms with E-state index in [1.54, 1.807) is 0 Å². The molecule has 0 aromatic carbocycles. The Morgan fingerprint density at radius 1 is 0.973 bits per heavy atom. The largest absolute Gasteiger partial charge is 0.479 e. The predicted molar refractivity (Wildman–Crippen MR) is 127 cm³/mol. The highest BCUT2D eigenvalue weighted by atomic mass is 16.7. The van der Waals surface area contributed by atoms with Crippen molar-refractivity contribution in [2.45, 2.75) is 102 Å². The minimum absolute atomic E-state index is 0.0337. The fourth-order valence-electron chi connectivity index (χ4n) is 9.03. The van der Waals surface area contributed by atoms with E-state index in [1.807, 2.05) is 6.92 Å². The summed E-state index contributed by atoms with van der Waals surface area (Å²) in [5.41, 5.74) is -0.603. The Hall–Kier alpha value is -1.43. The van der Waals surface area contributed by atoms with E-state index in [9.17, 15) is 39.9 Å². The second-order valence-electron chi connectivity index (χ2n) is 12.7. The van der Waals surface area contributed by atoms with Gasteiger partial charge in [-0.15, -0.1) is 0 Å². The van der Waals surface area contributed by atoms with Crippen LogP contribution in [0.3, 0.4) is 0 Å². The molecule has 0 radical (unpaired) electrons. The molecule has 0 aromatic heterocycles. The van der Waals surface area contributed by atoms with Crippen LogP contribution in [0.1, 0.15) is 65.2 Å². The minimum Gasteiger partial charge on any atom is -0.479 e. The fourth-order valence-corrected chi connectivity index (χ4v) is 9.03. The van der Waals surface area contributed by atoms with Crippen molar-refractivity contribution in [3.05, 3.63) is 0 Å². The van der Waals surface area contributed by atoms with Gasteiger partial charge in [0.1, 0.15) is 30.7 Å². The maximum atomic E-state index is 13.7. The number of hydrogen-bond donors (Lipinski definition) is 5. The van der Waals surface area contributed by atoms with Crippen LogP contribution in [0.15, 0.2) is 0 Å². The van der Waals surface area contributed by atoms with Crippen molar-refractivity contribution < 1.29 is 49.4 Å². The van der Waals surface area contributed by atoms with E-state index in [0.717, 1.165) is 38.5 Å². The number of rotatable bonds is 5. The quantitative estimate of drug-likeness (QED) is 0.344. The van der Waals surface area contributed by atoms with Crippen molar-refractivity contribution >= 4 is 17.5 Å². The molecule has 10 heteroatoms. The number of aliphatic carboxylic acids is 1. The number of Topliss-reactive ketones (excluding diaryl/α,β-unsaturated/α-hetero) is 2. The topological polar surface area (TPSA) is 171 Å². The SMILES string of the molecule is CC12CC(=O)C3C(CCC4CC(O)CCC43C)C1CCC2C(=O)COC1OC(C(=O)O)C(O)C(O)C1O. The highest BCUT2D eigenvalue weighted by Gasteiger charge is 2.64. The third kappa shape index (κ3) is 4.28. The lowest BCUT2D eigenvalue weighted by atomic mass is 9.44. The normalized spacial score (nSPS) is 51.6. The summed E-state index contributed by atoms with van der Waals surface area (Å²) in [7, 11) is 0. The first kappa shape index (κ1) is 27.1. The summed E-state index contributed by atoms with van der Waals surface area (Å²) >= 11 is 0. The Balaban J connectivity index is 1.28. The number of aliphatic hydroxyl groups is 4. The average Bonchev–Trinajstić information content (AvgIpc) is 3.18. The van der Waals surface area contributed by atoms with E-state index < -0.39 is 54.6 Å². The fraction of sp³-hybridized carbons (Fsp3) is 0.889. The molecule has 1 saturated heterocycles.